The number of hydrogen-bond acceptors (Lipinski definition) is 2. The number of hydrogen-bond donors (Lipinski definition) is 2. The molecule has 0 aliphatic carbocycles. The van der Waals surface area contributed by atoms with Gasteiger partial charge in [-0.2, -0.15) is 0 Å². The van der Waals surface area contributed by atoms with E-state index in [1.807, 2.05) is 12.1 Å². The smallest absolute Gasteiger partial charge is 0.188 e. The van der Waals surface area contributed by atoms with Crippen molar-refractivity contribution in [1.82, 2.24) is 5.32 Å². The van der Waals surface area contributed by atoms with Crippen LogP contribution in [0.2, 0.25) is 0 Å². The zero-order valence-electron chi connectivity index (χ0n) is 13.4. The number of benzene rings is 1. The zero-order chi connectivity index (χ0) is 15.3. The lowest BCUT2D eigenvalue weighted by molar-refractivity contribution is 0.414. The second kappa shape index (κ2) is 11.0. The summed E-state index contributed by atoms with van der Waals surface area (Å²) in [7, 11) is 1.68. The average Bonchev–Trinajstić information content (AvgIpc) is 2.52. The maximum Gasteiger partial charge on any atom is 0.188 e. The van der Waals surface area contributed by atoms with Gasteiger partial charge < -0.3 is 15.8 Å². The Morgan fingerprint density at radius 3 is 2.57 bits per heavy atom. The van der Waals surface area contributed by atoms with E-state index < -0.39 is 0 Å². The van der Waals surface area contributed by atoms with E-state index in [-0.39, 0.29) is 0 Å². The molecular weight excluding hydrogens is 262 g/mol. The van der Waals surface area contributed by atoms with E-state index in [0.717, 1.165) is 38.1 Å². The third kappa shape index (κ3) is 8.23. The number of nitrogens with one attached hydrogen (secondary N) is 1. The molecule has 4 nitrogen and oxygen atoms in total. The van der Waals surface area contributed by atoms with Gasteiger partial charge in [0.2, 0.25) is 0 Å². The highest BCUT2D eigenvalue weighted by atomic mass is 16.5. The van der Waals surface area contributed by atoms with E-state index in [4.69, 9.17) is 10.5 Å². The lowest BCUT2D eigenvalue weighted by Gasteiger charge is -2.05. The molecule has 0 fully saturated rings. The number of ether oxygens (including phenoxy) is 1. The van der Waals surface area contributed by atoms with E-state index in [2.05, 4.69) is 29.4 Å². The van der Waals surface area contributed by atoms with Crippen molar-refractivity contribution < 1.29 is 4.74 Å². The standard InChI is InChI=1S/C17H29N3O/c1-3-4-5-6-13-19-17(18)20-14-7-8-15-9-11-16(21-2)12-10-15/h9-12H,3-8,13-14H2,1-2H3,(H3,18,19,20). The van der Waals surface area contributed by atoms with Crippen molar-refractivity contribution in [3.05, 3.63) is 29.8 Å². The Bertz CT molecular complexity index is 401. The molecule has 0 amide bonds. The first-order valence-corrected chi connectivity index (χ1v) is 7.93. The van der Waals surface area contributed by atoms with Gasteiger partial charge in [-0.05, 0) is 37.0 Å². The van der Waals surface area contributed by atoms with E-state index in [9.17, 15) is 0 Å². The highest BCUT2D eigenvalue weighted by Crippen LogP contribution is 2.12. The molecule has 0 heterocycles. The lowest BCUT2D eigenvalue weighted by atomic mass is 10.1. The van der Waals surface area contributed by atoms with Gasteiger partial charge >= 0.3 is 0 Å². The monoisotopic (exact) mass is 291 g/mol. The molecule has 1 aromatic rings. The predicted octanol–water partition coefficient (Wildman–Crippen LogP) is 3.11. The molecule has 0 radical (unpaired) electrons. The minimum atomic E-state index is 0.571. The number of nitrogens with two attached hydrogens (primary N) is 1. The third-order valence-electron chi connectivity index (χ3n) is 3.40. The molecule has 3 N–H and O–H groups in total. The minimum Gasteiger partial charge on any atom is -0.497 e. The summed E-state index contributed by atoms with van der Waals surface area (Å²) in [5.74, 6) is 1.47. The third-order valence-corrected chi connectivity index (χ3v) is 3.40. The second-order valence-corrected chi connectivity index (χ2v) is 5.21. The highest BCUT2D eigenvalue weighted by Gasteiger charge is 1.95. The molecule has 1 aromatic carbocycles. The Morgan fingerprint density at radius 2 is 1.90 bits per heavy atom. The van der Waals surface area contributed by atoms with Crippen molar-refractivity contribution in [2.24, 2.45) is 10.7 Å². The Kier molecular flexibility index (Phi) is 9.09. The molecule has 21 heavy (non-hydrogen) atoms. The maximum absolute atomic E-state index is 5.83. The van der Waals surface area contributed by atoms with Crippen LogP contribution in [0.15, 0.2) is 29.3 Å². The topological polar surface area (TPSA) is 59.6 Å². The molecule has 0 bridgehead atoms. The number of unbranched alkanes of at least 4 members (excludes halogenated alkanes) is 3. The van der Waals surface area contributed by atoms with Crippen LogP contribution in [0.5, 0.6) is 5.75 Å². The lowest BCUT2D eigenvalue weighted by Crippen LogP contribution is -2.32. The van der Waals surface area contributed by atoms with Crippen molar-refractivity contribution in [3.8, 4) is 5.75 Å². The first-order chi connectivity index (χ1) is 10.3. The fraction of sp³-hybridized carbons (Fsp3) is 0.588. The molecule has 0 aromatic heterocycles. The fourth-order valence-corrected chi connectivity index (χ4v) is 2.10. The number of aliphatic imine (C=N–C) groups is 1. The predicted molar refractivity (Wildman–Crippen MR) is 89.9 cm³/mol. The van der Waals surface area contributed by atoms with Gasteiger partial charge in [-0.1, -0.05) is 38.3 Å². The summed E-state index contributed by atoms with van der Waals surface area (Å²) in [6.45, 7) is 3.90. The van der Waals surface area contributed by atoms with Gasteiger partial charge in [-0.3, -0.25) is 4.99 Å². The quantitative estimate of drug-likeness (QED) is 0.395. The SMILES string of the molecule is CCCCCCNC(N)=NCCCc1ccc(OC)cc1. The maximum atomic E-state index is 5.83. The fourth-order valence-electron chi connectivity index (χ4n) is 2.10. The van der Waals surface area contributed by atoms with Crippen LogP contribution in [0.1, 0.15) is 44.6 Å². The number of guanidine groups is 1. The van der Waals surface area contributed by atoms with Crippen molar-refractivity contribution >= 4 is 5.96 Å². The van der Waals surface area contributed by atoms with E-state index in [1.54, 1.807) is 7.11 Å². The van der Waals surface area contributed by atoms with Crippen LogP contribution in [0.3, 0.4) is 0 Å². The molecule has 0 spiro atoms. The van der Waals surface area contributed by atoms with Crippen LogP contribution in [-0.4, -0.2) is 26.2 Å². The normalized spacial score (nSPS) is 11.4. The van der Waals surface area contributed by atoms with E-state index >= 15 is 0 Å². The first-order valence-electron chi connectivity index (χ1n) is 7.93. The summed E-state index contributed by atoms with van der Waals surface area (Å²) in [5.41, 5.74) is 7.13. The summed E-state index contributed by atoms with van der Waals surface area (Å²) in [5, 5.41) is 3.17. The van der Waals surface area contributed by atoms with Gasteiger partial charge in [0.15, 0.2) is 5.96 Å². The Hall–Kier alpha value is -1.71. The molecule has 0 aliphatic rings. The minimum absolute atomic E-state index is 0.571. The van der Waals surface area contributed by atoms with Gasteiger partial charge in [-0.25, -0.2) is 0 Å². The summed E-state index contributed by atoms with van der Waals surface area (Å²) in [6.07, 6.45) is 6.99. The summed E-state index contributed by atoms with van der Waals surface area (Å²) in [4.78, 5) is 4.35. The summed E-state index contributed by atoms with van der Waals surface area (Å²) >= 11 is 0. The molecule has 1 rings (SSSR count). The molecule has 0 saturated heterocycles. The van der Waals surface area contributed by atoms with Gasteiger partial charge in [0.05, 0.1) is 7.11 Å². The molecule has 0 saturated carbocycles. The second-order valence-electron chi connectivity index (χ2n) is 5.21. The van der Waals surface area contributed by atoms with Crippen molar-refractivity contribution in [3.63, 3.8) is 0 Å². The van der Waals surface area contributed by atoms with Gasteiger partial charge in [0.1, 0.15) is 5.75 Å². The summed E-state index contributed by atoms with van der Waals surface area (Å²) < 4.78 is 5.14. The first kappa shape index (κ1) is 17.3. The Balaban J connectivity index is 2.12. The molecule has 0 atom stereocenters. The number of rotatable bonds is 10. The van der Waals surface area contributed by atoms with Crippen LogP contribution >= 0.6 is 0 Å². The van der Waals surface area contributed by atoms with Gasteiger partial charge in [0, 0.05) is 13.1 Å². The molecule has 0 aliphatic heterocycles. The number of methoxy groups -OCH3 is 1. The Morgan fingerprint density at radius 1 is 1.14 bits per heavy atom. The van der Waals surface area contributed by atoms with Crippen LogP contribution in [0.25, 0.3) is 0 Å². The van der Waals surface area contributed by atoms with Crippen LogP contribution < -0.4 is 15.8 Å². The van der Waals surface area contributed by atoms with Gasteiger partial charge in [0.25, 0.3) is 0 Å². The molecule has 118 valence electrons. The van der Waals surface area contributed by atoms with Crippen LogP contribution in [0.4, 0.5) is 0 Å². The van der Waals surface area contributed by atoms with E-state index in [0.29, 0.717) is 5.96 Å². The molecular formula is C17H29N3O. The van der Waals surface area contributed by atoms with Gasteiger partial charge in [-0.15, -0.1) is 0 Å². The van der Waals surface area contributed by atoms with Crippen LogP contribution in [0, 0.1) is 0 Å². The largest absolute Gasteiger partial charge is 0.497 e. The molecule has 0 unspecified atom stereocenters. The molecule has 4 heteroatoms. The van der Waals surface area contributed by atoms with Crippen LogP contribution in [-0.2, 0) is 6.42 Å². The van der Waals surface area contributed by atoms with E-state index in [1.165, 1.54) is 24.8 Å². The van der Waals surface area contributed by atoms with Crippen molar-refractivity contribution in [2.75, 3.05) is 20.2 Å². The number of aryl methyl sites for hydroxylation is 1. The van der Waals surface area contributed by atoms with Crippen molar-refractivity contribution in [2.45, 2.75) is 45.4 Å². The highest BCUT2D eigenvalue weighted by molar-refractivity contribution is 5.77. The Labute approximate surface area is 128 Å². The number of nitrogens with zero attached hydrogens (tertiary/aromatic N) is 1. The zero-order valence-corrected chi connectivity index (χ0v) is 13.4. The van der Waals surface area contributed by atoms with Crippen molar-refractivity contribution in [1.29, 1.82) is 0 Å². The summed E-state index contributed by atoms with van der Waals surface area (Å²) in [6, 6.07) is 8.17. The average molecular weight is 291 g/mol.